The molecule has 3 aliphatic heterocycles. The maximum Gasteiger partial charge on any atom is 0.417 e. The fourth-order valence-corrected chi connectivity index (χ4v) is 9.26. The number of unbranched alkanes of at least 4 members (excludes halogenated alkanes) is 4. The molecule has 0 radical (unpaired) electrons. The van der Waals surface area contributed by atoms with Gasteiger partial charge in [0.15, 0.2) is 10.9 Å². The highest BCUT2D eigenvalue weighted by Gasteiger charge is 2.51. The molecule has 19 heteroatoms. The molecular formula is C47H43F5N10O3S. The van der Waals surface area contributed by atoms with Crippen molar-refractivity contribution in [3.63, 3.8) is 0 Å². The van der Waals surface area contributed by atoms with Gasteiger partial charge in [0.05, 0.1) is 46.1 Å². The largest absolute Gasteiger partial charge is 0.417 e. The summed E-state index contributed by atoms with van der Waals surface area (Å²) >= 11 is 5.54. The van der Waals surface area contributed by atoms with Crippen LogP contribution in [0.4, 0.5) is 44.7 Å². The van der Waals surface area contributed by atoms with Crippen molar-refractivity contribution in [2.75, 3.05) is 40.1 Å². The van der Waals surface area contributed by atoms with Crippen molar-refractivity contribution in [2.24, 2.45) is 12.0 Å². The molecule has 1 fully saturated rings. The Bertz CT molecular complexity index is 2840. The Kier molecular flexibility index (Phi) is 12.5. The average molecular weight is 923 g/mol. The molecule has 2 atom stereocenters. The maximum atomic E-state index is 15.5. The number of thiocarbonyl (C=S) groups is 1. The van der Waals surface area contributed by atoms with E-state index in [0.29, 0.717) is 47.4 Å². The molecule has 0 aliphatic carbocycles. The second kappa shape index (κ2) is 18.1. The molecule has 4 aromatic carbocycles. The van der Waals surface area contributed by atoms with Crippen LogP contribution >= 0.6 is 12.2 Å². The maximum absolute atomic E-state index is 15.5. The third-order valence-corrected chi connectivity index (χ3v) is 12.4. The minimum absolute atomic E-state index is 0.0678. The van der Waals surface area contributed by atoms with Crippen LogP contribution in [0.15, 0.2) is 84.1 Å². The van der Waals surface area contributed by atoms with Crippen LogP contribution < -0.4 is 25.8 Å². The van der Waals surface area contributed by atoms with E-state index in [1.54, 1.807) is 11.7 Å². The summed E-state index contributed by atoms with van der Waals surface area (Å²) in [4.78, 5) is 50.6. The van der Waals surface area contributed by atoms with Crippen LogP contribution in [0.25, 0.3) is 0 Å². The number of hydrogen-bond donors (Lipinski definition) is 3. The number of benzene rings is 4. The van der Waals surface area contributed by atoms with Crippen LogP contribution in [0.1, 0.15) is 107 Å². The molecule has 3 aliphatic rings. The third kappa shape index (κ3) is 8.60. The van der Waals surface area contributed by atoms with Gasteiger partial charge >= 0.3 is 6.18 Å². The molecule has 0 saturated carbocycles. The first kappa shape index (κ1) is 45.5. The number of rotatable bonds is 14. The summed E-state index contributed by atoms with van der Waals surface area (Å²) in [5.41, 5.74) is 0.389. The molecule has 66 heavy (non-hydrogen) atoms. The Labute approximate surface area is 381 Å². The number of carbonyl (C=O) groups is 3. The van der Waals surface area contributed by atoms with E-state index in [-0.39, 0.29) is 46.3 Å². The Hall–Kier alpha value is -7.07. The van der Waals surface area contributed by atoms with Gasteiger partial charge in [0.2, 0.25) is 0 Å². The van der Waals surface area contributed by atoms with Gasteiger partial charge in [-0.25, -0.2) is 13.8 Å². The predicted molar refractivity (Wildman–Crippen MR) is 242 cm³/mol. The summed E-state index contributed by atoms with van der Waals surface area (Å²) in [5, 5.41) is 22.9. The highest BCUT2D eigenvalue weighted by molar-refractivity contribution is 7.81. The number of aliphatic imine (C=N–C) groups is 1. The first-order valence-electron chi connectivity index (χ1n) is 21.2. The zero-order valence-electron chi connectivity index (χ0n) is 36.0. The Morgan fingerprint density at radius 1 is 0.955 bits per heavy atom. The quantitative estimate of drug-likeness (QED) is 0.0559. The molecule has 0 unspecified atom stereocenters. The van der Waals surface area contributed by atoms with Crippen molar-refractivity contribution < 1.29 is 36.3 Å². The lowest BCUT2D eigenvalue weighted by atomic mass is 9.78. The van der Waals surface area contributed by atoms with Crippen molar-refractivity contribution in [1.29, 1.82) is 5.26 Å². The molecule has 4 heterocycles. The molecule has 2 amide bonds. The lowest BCUT2D eigenvalue weighted by molar-refractivity contribution is -0.137. The third-order valence-electron chi connectivity index (χ3n) is 12.1. The van der Waals surface area contributed by atoms with Gasteiger partial charge < -0.3 is 20.9 Å². The van der Waals surface area contributed by atoms with Gasteiger partial charge in [0.25, 0.3) is 11.8 Å². The molecule has 5 aromatic rings. The fourth-order valence-electron chi connectivity index (χ4n) is 8.74. The smallest absolute Gasteiger partial charge is 0.385 e. The van der Waals surface area contributed by atoms with Crippen LogP contribution in [0.3, 0.4) is 0 Å². The van der Waals surface area contributed by atoms with Crippen molar-refractivity contribution in [2.45, 2.75) is 69.6 Å². The molecule has 0 spiro atoms. The van der Waals surface area contributed by atoms with E-state index in [4.69, 9.17) is 12.2 Å². The van der Waals surface area contributed by atoms with Gasteiger partial charge in [-0.1, -0.05) is 31.4 Å². The van der Waals surface area contributed by atoms with Crippen LogP contribution in [-0.2, 0) is 18.0 Å². The van der Waals surface area contributed by atoms with E-state index in [0.717, 1.165) is 60.5 Å². The van der Waals surface area contributed by atoms with Gasteiger partial charge in [-0.05, 0) is 105 Å². The van der Waals surface area contributed by atoms with Crippen LogP contribution in [0.5, 0.6) is 0 Å². The normalized spacial score (nSPS) is 17.6. The van der Waals surface area contributed by atoms with Gasteiger partial charge in [0.1, 0.15) is 35.9 Å². The first-order valence-corrected chi connectivity index (χ1v) is 21.6. The Balaban J connectivity index is 0.796. The molecular weight excluding hydrogens is 880 g/mol. The van der Waals surface area contributed by atoms with Gasteiger partial charge in [-0.3, -0.25) is 29.0 Å². The first-order chi connectivity index (χ1) is 31.5. The number of alkyl halides is 3. The second-order valence-electron chi connectivity index (χ2n) is 16.7. The van der Waals surface area contributed by atoms with E-state index < -0.39 is 46.3 Å². The summed E-state index contributed by atoms with van der Waals surface area (Å²) in [6.07, 6.45) is 0.869. The van der Waals surface area contributed by atoms with E-state index >= 15 is 4.39 Å². The SMILES string of the molecule is Cn1ncnc1[C@H]1C2=NCC(=O)c3cc(F)cc(c32)N[C@@H]1c1ccc(NCCCCCCCNC(=O)c2ccc(N3C(=S)N(c4ccc(C#N)c(C(F)(F)F)c4)C(=O)C3(C)C)cc2F)cc1. The lowest BCUT2D eigenvalue weighted by Crippen LogP contribution is -2.44. The summed E-state index contributed by atoms with van der Waals surface area (Å²) in [7, 11) is 1.80. The second-order valence-corrected chi connectivity index (χ2v) is 17.1. The molecule has 3 N–H and O–H groups in total. The average Bonchev–Trinajstić information content (AvgIpc) is 3.78. The van der Waals surface area contributed by atoms with Crippen molar-refractivity contribution in [1.82, 2.24) is 20.1 Å². The number of hydrogen-bond acceptors (Lipinski definition) is 10. The summed E-state index contributed by atoms with van der Waals surface area (Å²) < 4.78 is 73.0. The number of carbonyl (C=O) groups excluding carboxylic acids is 3. The van der Waals surface area contributed by atoms with E-state index in [1.807, 2.05) is 24.3 Å². The summed E-state index contributed by atoms with van der Waals surface area (Å²) in [5.74, 6) is -2.61. The number of nitrogens with one attached hydrogen (secondary N) is 3. The topological polar surface area (TPSA) is 161 Å². The number of aryl methyl sites for hydroxylation is 1. The van der Waals surface area contributed by atoms with Gasteiger partial charge in [0, 0.05) is 48.3 Å². The minimum atomic E-state index is -4.86. The van der Waals surface area contributed by atoms with Gasteiger partial charge in [-0.2, -0.15) is 23.5 Å². The number of anilines is 4. The van der Waals surface area contributed by atoms with E-state index in [2.05, 4.69) is 31.0 Å². The number of ketones is 1. The number of nitriles is 1. The minimum Gasteiger partial charge on any atom is -0.385 e. The number of nitrogens with zero attached hydrogens (tertiary/aromatic N) is 7. The van der Waals surface area contributed by atoms with Crippen LogP contribution in [0.2, 0.25) is 0 Å². The molecule has 1 saturated heterocycles. The molecule has 340 valence electrons. The van der Waals surface area contributed by atoms with Crippen molar-refractivity contribution in [3.05, 3.63) is 130 Å². The predicted octanol–water partition coefficient (Wildman–Crippen LogP) is 8.63. The standard InChI is InChI=1S/C47H43F5N10O3S/c1-46(2)44(65)61(30-14-11-27(23-53)34(21-30)47(50,51)52)45(66)62(46)31-15-16-32(35(49)22-31)43(64)55-18-8-6-4-5-7-17-54-29-12-9-26(10-13-29)40-39(42-57-25-58-60(42)3)41-38-33(37(63)24-56-41)19-28(48)20-36(38)59-40/h9-16,19-22,25,39-40,54,59H,4-8,17-18,24H2,1-3H3,(H,55,64)/t39-,40-/m1/s1. The van der Waals surface area contributed by atoms with Crippen LogP contribution in [-0.4, -0.2) is 68.4 Å². The number of amides is 2. The number of Topliss-reactive ketones (excluding diaryl/α,β-unsaturated/α-hetero) is 1. The van der Waals surface area contributed by atoms with Crippen molar-refractivity contribution >= 4 is 63.4 Å². The molecule has 0 bridgehead atoms. The zero-order valence-corrected chi connectivity index (χ0v) is 36.8. The highest BCUT2D eigenvalue weighted by Crippen LogP contribution is 2.45. The zero-order chi connectivity index (χ0) is 47.1. The Morgan fingerprint density at radius 3 is 2.35 bits per heavy atom. The van der Waals surface area contributed by atoms with E-state index in [9.17, 15) is 37.2 Å². The van der Waals surface area contributed by atoms with Crippen molar-refractivity contribution in [3.8, 4) is 6.07 Å². The molecule has 8 rings (SSSR count). The molecule has 1 aromatic heterocycles. The van der Waals surface area contributed by atoms with E-state index in [1.165, 1.54) is 61.5 Å². The van der Waals surface area contributed by atoms with Crippen LogP contribution in [0, 0.1) is 23.0 Å². The lowest BCUT2D eigenvalue weighted by Gasteiger charge is -2.37. The molecule has 13 nitrogen and oxygen atoms in total. The summed E-state index contributed by atoms with van der Waals surface area (Å²) in [6.45, 7) is 3.98. The number of aromatic nitrogens is 3. The number of halogens is 5. The summed E-state index contributed by atoms with van der Waals surface area (Å²) in [6, 6.07) is 18.4. The monoisotopic (exact) mass is 922 g/mol. The van der Waals surface area contributed by atoms with Gasteiger partial charge in [-0.15, -0.1) is 0 Å². The highest BCUT2D eigenvalue weighted by atomic mass is 32.1. The Morgan fingerprint density at radius 2 is 1.67 bits per heavy atom. The fraction of sp³-hybridized carbons (Fsp3) is 0.319.